The van der Waals surface area contributed by atoms with E-state index in [-0.39, 0.29) is 22.7 Å². The van der Waals surface area contributed by atoms with E-state index in [0.717, 1.165) is 12.8 Å². The highest BCUT2D eigenvalue weighted by molar-refractivity contribution is 5.16. The summed E-state index contributed by atoms with van der Waals surface area (Å²) in [7, 11) is 0. The van der Waals surface area contributed by atoms with Gasteiger partial charge >= 0.3 is 0 Å². The van der Waals surface area contributed by atoms with Gasteiger partial charge in [0.15, 0.2) is 0 Å². The van der Waals surface area contributed by atoms with E-state index in [9.17, 15) is 0 Å². The fourth-order valence-corrected chi connectivity index (χ4v) is 3.86. The number of ether oxygens (including phenoxy) is 2. The lowest BCUT2D eigenvalue weighted by Crippen LogP contribution is -2.48. The van der Waals surface area contributed by atoms with Gasteiger partial charge in [0.25, 0.3) is 0 Å². The zero-order chi connectivity index (χ0) is 13.7. The van der Waals surface area contributed by atoms with Gasteiger partial charge in [-0.3, -0.25) is 0 Å². The van der Waals surface area contributed by atoms with Gasteiger partial charge in [0, 0.05) is 5.41 Å². The van der Waals surface area contributed by atoms with E-state index in [4.69, 9.17) is 9.47 Å². The number of hydrogen-bond acceptors (Lipinski definition) is 2. The Morgan fingerprint density at radius 2 is 1.84 bits per heavy atom. The molecule has 3 atom stereocenters. The summed E-state index contributed by atoms with van der Waals surface area (Å²) >= 11 is 0. The first kappa shape index (κ1) is 13.1. The van der Waals surface area contributed by atoms with Crippen LogP contribution < -0.4 is 0 Å². The van der Waals surface area contributed by atoms with Gasteiger partial charge in [0.1, 0.15) is 0 Å². The van der Waals surface area contributed by atoms with E-state index in [2.05, 4.69) is 52.0 Å². The van der Waals surface area contributed by atoms with Crippen molar-refractivity contribution >= 4 is 0 Å². The second-order valence-electron chi connectivity index (χ2n) is 7.15. The molecular weight excluding hydrogens is 236 g/mol. The Labute approximate surface area is 116 Å². The van der Waals surface area contributed by atoms with Crippen molar-refractivity contribution in [2.75, 3.05) is 0 Å². The van der Waals surface area contributed by atoms with E-state index in [0.29, 0.717) is 6.61 Å². The molecule has 1 aromatic rings. The molecule has 104 valence electrons. The van der Waals surface area contributed by atoms with Crippen molar-refractivity contribution in [3.63, 3.8) is 0 Å². The fourth-order valence-electron chi connectivity index (χ4n) is 3.86. The molecule has 1 saturated carbocycles. The van der Waals surface area contributed by atoms with E-state index >= 15 is 0 Å². The quantitative estimate of drug-likeness (QED) is 0.819. The summed E-state index contributed by atoms with van der Waals surface area (Å²) in [5.74, 6) is 0. The highest BCUT2D eigenvalue weighted by atomic mass is 16.6. The largest absolute Gasteiger partial charge is 0.371 e. The van der Waals surface area contributed by atoms with E-state index in [1.807, 2.05) is 6.07 Å². The molecule has 2 nitrogen and oxygen atoms in total. The minimum Gasteiger partial charge on any atom is -0.371 e. The molecule has 2 heteroatoms. The van der Waals surface area contributed by atoms with Crippen LogP contribution in [0.5, 0.6) is 0 Å². The number of hydrogen-bond donors (Lipinski definition) is 0. The number of benzene rings is 1. The second-order valence-corrected chi connectivity index (χ2v) is 7.15. The Kier molecular flexibility index (Phi) is 2.81. The Bertz CT molecular complexity index is 463. The predicted molar refractivity (Wildman–Crippen MR) is 75.9 cm³/mol. The summed E-state index contributed by atoms with van der Waals surface area (Å²) in [4.78, 5) is 0. The van der Waals surface area contributed by atoms with Crippen molar-refractivity contribution in [3.8, 4) is 0 Å². The zero-order valence-corrected chi connectivity index (χ0v) is 12.4. The molecule has 1 aliphatic carbocycles. The lowest BCUT2D eigenvalue weighted by molar-refractivity contribution is -0.199. The molecule has 2 aliphatic rings. The van der Waals surface area contributed by atoms with Crippen LogP contribution in [0.3, 0.4) is 0 Å². The van der Waals surface area contributed by atoms with Crippen LogP contribution in [0.2, 0.25) is 0 Å². The van der Waals surface area contributed by atoms with Crippen LogP contribution in [0.1, 0.15) is 46.1 Å². The van der Waals surface area contributed by atoms with Crippen molar-refractivity contribution in [1.29, 1.82) is 0 Å². The summed E-state index contributed by atoms with van der Waals surface area (Å²) in [5.41, 5.74) is 1.32. The molecule has 2 bridgehead atoms. The van der Waals surface area contributed by atoms with Crippen LogP contribution in [0.4, 0.5) is 0 Å². The van der Waals surface area contributed by atoms with Gasteiger partial charge in [-0.15, -0.1) is 0 Å². The summed E-state index contributed by atoms with van der Waals surface area (Å²) in [6, 6.07) is 10.4. The highest BCUT2D eigenvalue weighted by Crippen LogP contribution is 2.62. The maximum absolute atomic E-state index is 6.31. The Hall–Kier alpha value is -0.860. The van der Waals surface area contributed by atoms with Crippen molar-refractivity contribution in [2.45, 2.75) is 64.4 Å². The standard InChI is InChI=1S/C17H24O2/c1-15(2)16(3)10-14(17(4,12-16)19-15)18-11-13-8-6-5-7-9-13/h5-9,14H,10-12H2,1-4H3. The third kappa shape index (κ3) is 2.02. The molecule has 1 heterocycles. The first-order chi connectivity index (χ1) is 8.85. The molecule has 1 saturated heterocycles. The summed E-state index contributed by atoms with van der Waals surface area (Å²) in [6.07, 6.45) is 2.42. The molecule has 0 radical (unpaired) electrons. The normalized spacial score (nSPS) is 39.7. The van der Waals surface area contributed by atoms with Crippen LogP contribution >= 0.6 is 0 Å². The first-order valence-electron chi connectivity index (χ1n) is 7.20. The van der Waals surface area contributed by atoms with Gasteiger partial charge in [0.05, 0.1) is 23.9 Å². The van der Waals surface area contributed by atoms with Crippen LogP contribution in [0.15, 0.2) is 30.3 Å². The smallest absolute Gasteiger partial charge is 0.0929 e. The average Bonchev–Trinajstić information content (AvgIpc) is 2.69. The maximum Gasteiger partial charge on any atom is 0.0929 e. The van der Waals surface area contributed by atoms with Crippen LogP contribution in [-0.2, 0) is 16.1 Å². The summed E-state index contributed by atoms with van der Waals surface area (Å²) < 4.78 is 12.5. The Morgan fingerprint density at radius 1 is 1.16 bits per heavy atom. The topological polar surface area (TPSA) is 18.5 Å². The molecule has 0 spiro atoms. The van der Waals surface area contributed by atoms with E-state index in [1.54, 1.807) is 0 Å². The summed E-state index contributed by atoms with van der Waals surface area (Å²) in [5, 5.41) is 0. The Balaban J connectivity index is 1.69. The second kappa shape index (κ2) is 4.07. The summed E-state index contributed by atoms with van der Waals surface area (Å²) in [6.45, 7) is 9.66. The van der Waals surface area contributed by atoms with Crippen molar-refractivity contribution < 1.29 is 9.47 Å². The van der Waals surface area contributed by atoms with Gasteiger partial charge in [-0.2, -0.15) is 0 Å². The molecule has 3 rings (SSSR count). The molecular formula is C17H24O2. The molecule has 1 aromatic carbocycles. The lowest BCUT2D eigenvalue weighted by Gasteiger charge is -2.43. The average molecular weight is 260 g/mol. The predicted octanol–water partition coefficient (Wildman–Crippen LogP) is 3.94. The minimum atomic E-state index is -0.118. The third-order valence-corrected chi connectivity index (χ3v) is 5.29. The monoisotopic (exact) mass is 260 g/mol. The Morgan fingerprint density at radius 3 is 2.37 bits per heavy atom. The molecule has 2 fully saturated rings. The van der Waals surface area contributed by atoms with Gasteiger partial charge < -0.3 is 9.47 Å². The van der Waals surface area contributed by atoms with Gasteiger partial charge in [-0.25, -0.2) is 0 Å². The molecule has 0 amide bonds. The van der Waals surface area contributed by atoms with Gasteiger partial charge in [-0.05, 0) is 39.2 Å². The minimum absolute atomic E-state index is 0.0334. The lowest BCUT2D eigenvalue weighted by atomic mass is 9.75. The van der Waals surface area contributed by atoms with E-state index < -0.39 is 0 Å². The highest BCUT2D eigenvalue weighted by Gasteiger charge is 2.65. The maximum atomic E-state index is 6.31. The third-order valence-electron chi connectivity index (χ3n) is 5.29. The molecule has 19 heavy (non-hydrogen) atoms. The van der Waals surface area contributed by atoms with Crippen LogP contribution in [-0.4, -0.2) is 17.3 Å². The first-order valence-corrected chi connectivity index (χ1v) is 7.20. The fraction of sp³-hybridized carbons (Fsp3) is 0.647. The van der Waals surface area contributed by atoms with Crippen molar-refractivity contribution in [3.05, 3.63) is 35.9 Å². The van der Waals surface area contributed by atoms with Crippen LogP contribution in [0, 0.1) is 5.41 Å². The number of fused-ring (bicyclic) bond motifs is 2. The molecule has 1 aliphatic heterocycles. The van der Waals surface area contributed by atoms with Crippen molar-refractivity contribution in [1.82, 2.24) is 0 Å². The van der Waals surface area contributed by atoms with Gasteiger partial charge in [0.2, 0.25) is 0 Å². The van der Waals surface area contributed by atoms with Crippen LogP contribution in [0.25, 0.3) is 0 Å². The zero-order valence-electron chi connectivity index (χ0n) is 12.4. The molecule has 0 N–H and O–H groups in total. The SMILES string of the molecule is CC12CC(C)(CC1OCc1ccccc1)C(C)(C)O2. The van der Waals surface area contributed by atoms with Gasteiger partial charge in [-0.1, -0.05) is 37.3 Å². The van der Waals surface area contributed by atoms with Crippen molar-refractivity contribution in [2.24, 2.45) is 5.41 Å². The molecule has 0 aromatic heterocycles. The molecule has 3 unspecified atom stereocenters. The van der Waals surface area contributed by atoms with E-state index in [1.165, 1.54) is 5.56 Å². The number of rotatable bonds is 3.